The van der Waals surface area contributed by atoms with E-state index in [-0.39, 0.29) is 18.6 Å². The van der Waals surface area contributed by atoms with Crippen molar-refractivity contribution in [3.05, 3.63) is 0 Å². The summed E-state index contributed by atoms with van der Waals surface area (Å²) in [6, 6.07) is 0.152. The van der Waals surface area contributed by atoms with Crippen molar-refractivity contribution in [1.82, 2.24) is 0 Å². The summed E-state index contributed by atoms with van der Waals surface area (Å²) in [5.74, 6) is 0. The zero-order valence-corrected chi connectivity index (χ0v) is 9.02. The molecule has 0 unspecified atom stereocenters. The monoisotopic (exact) mass is 214 g/mol. The smallest absolute Gasteiger partial charge is 0.379 e. The van der Waals surface area contributed by atoms with Crippen LogP contribution in [0.3, 0.4) is 0 Å². The SMILES string of the molecule is CC(C)[NH+](C[C@@H](O)C(F)(F)F)C(C)C. The maximum Gasteiger partial charge on any atom is 0.419 e. The zero-order chi connectivity index (χ0) is 11.5. The number of nitrogens with one attached hydrogen (secondary N) is 1. The van der Waals surface area contributed by atoms with Crippen molar-refractivity contribution in [2.45, 2.75) is 52.1 Å². The number of aliphatic hydroxyl groups excluding tert-OH is 1. The average Bonchev–Trinajstić information content (AvgIpc) is 1.96. The Morgan fingerprint density at radius 2 is 1.43 bits per heavy atom. The predicted octanol–water partition coefficient (Wildman–Crippen LogP) is 0.611. The number of quaternary nitrogens is 1. The van der Waals surface area contributed by atoms with Crippen LogP contribution >= 0.6 is 0 Å². The van der Waals surface area contributed by atoms with E-state index in [1.165, 1.54) is 0 Å². The van der Waals surface area contributed by atoms with Crippen LogP contribution in [0, 0.1) is 0 Å². The van der Waals surface area contributed by atoms with Gasteiger partial charge in [-0.15, -0.1) is 0 Å². The van der Waals surface area contributed by atoms with Crippen LogP contribution in [0.5, 0.6) is 0 Å². The Hall–Kier alpha value is -0.290. The lowest BCUT2D eigenvalue weighted by atomic mass is 10.2. The van der Waals surface area contributed by atoms with E-state index in [1.807, 2.05) is 27.7 Å². The molecule has 0 aliphatic rings. The maximum atomic E-state index is 12.1. The van der Waals surface area contributed by atoms with E-state index < -0.39 is 12.3 Å². The van der Waals surface area contributed by atoms with Crippen LogP contribution in [-0.2, 0) is 0 Å². The van der Waals surface area contributed by atoms with E-state index in [2.05, 4.69) is 0 Å². The van der Waals surface area contributed by atoms with E-state index in [9.17, 15) is 13.2 Å². The van der Waals surface area contributed by atoms with Gasteiger partial charge in [-0.2, -0.15) is 13.2 Å². The molecule has 0 saturated heterocycles. The van der Waals surface area contributed by atoms with E-state index in [0.717, 1.165) is 4.90 Å². The molecule has 0 aromatic heterocycles. The number of alkyl halides is 3. The second-order valence-electron chi connectivity index (χ2n) is 4.15. The van der Waals surface area contributed by atoms with Crippen LogP contribution in [0.4, 0.5) is 13.2 Å². The molecule has 0 rings (SSSR count). The summed E-state index contributed by atoms with van der Waals surface area (Å²) < 4.78 is 36.2. The van der Waals surface area contributed by atoms with Gasteiger partial charge in [0, 0.05) is 0 Å². The van der Waals surface area contributed by atoms with Crippen LogP contribution in [0.15, 0.2) is 0 Å². The summed E-state index contributed by atoms with van der Waals surface area (Å²) in [6.07, 6.45) is -6.73. The Balaban J connectivity index is 4.31. The van der Waals surface area contributed by atoms with Gasteiger partial charge in [0.05, 0.1) is 12.1 Å². The van der Waals surface area contributed by atoms with Gasteiger partial charge in [-0.25, -0.2) is 0 Å². The van der Waals surface area contributed by atoms with Crippen LogP contribution in [0.1, 0.15) is 27.7 Å². The average molecular weight is 214 g/mol. The molecule has 1 atom stereocenters. The van der Waals surface area contributed by atoms with Crippen LogP contribution in [0.25, 0.3) is 0 Å². The molecule has 0 radical (unpaired) electrons. The van der Waals surface area contributed by atoms with Crippen LogP contribution in [-0.4, -0.2) is 36.0 Å². The van der Waals surface area contributed by atoms with E-state index in [4.69, 9.17) is 5.11 Å². The largest absolute Gasteiger partial charge is 0.419 e. The van der Waals surface area contributed by atoms with Crippen LogP contribution in [0.2, 0.25) is 0 Å². The molecule has 2 N–H and O–H groups in total. The molecule has 0 aliphatic heterocycles. The van der Waals surface area contributed by atoms with Crippen molar-refractivity contribution in [2.24, 2.45) is 0 Å². The van der Waals surface area contributed by atoms with Gasteiger partial charge in [-0.1, -0.05) is 0 Å². The van der Waals surface area contributed by atoms with Crippen molar-refractivity contribution in [3.63, 3.8) is 0 Å². The standard InChI is InChI=1S/C9H18F3NO/c1-6(2)13(7(3)4)5-8(14)9(10,11)12/h6-8,14H,5H2,1-4H3/p+1/t8-/m1/s1. The molecule has 0 spiro atoms. The molecule has 86 valence electrons. The third-order valence-electron chi connectivity index (χ3n) is 2.29. The highest BCUT2D eigenvalue weighted by Crippen LogP contribution is 2.18. The highest BCUT2D eigenvalue weighted by atomic mass is 19.4. The maximum absolute atomic E-state index is 12.1. The summed E-state index contributed by atoms with van der Waals surface area (Å²) in [5.41, 5.74) is 0. The second kappa shape index (κ2) is 4.98. The molecule has 0 aromatic rings. The second-order valence-corrected chi connectivity index (χ2v) is 4.15. The quantitative estimate of drug-likeness (QED) is 0.704. The highest BCUT2D eigenvalue weighted by Gasteiger charge is 2.41. The number of rotatable bonds is 4. The molecule has 0 bridgehead atoms. The number of aliphatic hydroxyl groups is 1. The number of halogens is 3. The fraction of sp³-hybridized carbons (Fsp3) is 1.00. The molecule has 0 fully saturated rings. The number of hydrogen-bond donors (Lipinski definition) is 2. The minimum Gasteiger partial charge on any atom is -0.379 e. The van der Waals surface area contributed by atoms with Gasteiger partial charge in [0.2, 0.25) is 0 Å². The van der Waals surface area contributed by atoms with Crippen molar-refractivity contribution in [2.75, 3.05) is 6.54 Å². The number of hydrogen-bond acceptors (Lipinski definition) is 1. The van der Waals surface area contributed by atoms with E-state index in [0.29, 0.717) is 0 Å². The van der Waals surface area contributed by atoms with E-state index >= 15 is 0 Å². The van der Waals surface area contributed by atoms with Gasteiger partial charge < -0.3 is 10.0 Å². The fourth-order valence-corrected chi connectivity index (χ4v) is 1.48. The molecule has 0 aromatic carbocycles. The molecule has 0 heterocycles. The third-order valence-corrected chi connectivity index (χ3v) is 2.29. The van der Waals surface area contributed by atoms with Crippen molar-refractivity contribution < 1.29 is 23.2 Å². The van der Waals surface area contributed by atoms with Gasteiger partial charge in [-0.05, 0) is 27.7 Å². The summed E-state index contributed by atoms with van der Waals surface area (Å²) in [7, 11) is 0. The minimum atomic E-state index is -4.50. The highest BCUT2D eigenvalue weighted by molar-refractivity contribution is 4.63. The van der Waals surface area contributed by atoms with Crippen molar-refractivity contribution in [3.8, 4) is 0 Å². The van der Waals surface area contributed by atoms with Gasteiger partial charge in [0.15, 0.2) is 6.10 Å². The van der Waals surface area contributed by atoms with Gasteiger partial charge in [-0.3, -0.25) is 0 Å². The third kappa shape index (κ3) is 4.28. The first-order valence-corrected chi connectivity index (χ1v) is 4.76. The van der Waals surface area contributed by atoms with Gasteiger partial charge in [0.25, 0.3) is 0 Å². The first-order valence-electron chi connectivity index (χ1n) is 4.76. The lowest BCUT2D eigenvalue weighted by Gasteiger charge is -2.29. The molecule has 0 saturated carbocycles. The minimum absolute atomic E-state index is 0.0759. The topological polar surface area (TPSA) is 24.7 Å². The summed E-state index contributed by atoms with van der Waals surface area (Å²) >= 11 is 0. The Kier molecular flexibility index (Phi) is 4.88. The lowest BCUT2D eigenvalue weighted by Crippen LogP contribution is -3.19. The lowest BCUT2D eigenvalue weighted by molar-refractivity contribution is -0.946. The predicted molar refractivity (Wildman–Crippen MR) is 48.2 cm³/mol. The van der Waals surface area contributed by atoms with E-state index in [1.54, 1.807) is 0 Å². The fourth-order valence-electron chi connectivity index (χ4n) is 1.48. The molecular weight excluding hydrogens is 195 g/mol. The summed E-state index contributed by atoms with van der Waals surface area (Å²) in [5, 5.41) is 8.91. The molecule has 0 amide bonds. The molecule has 5 heteroatoms. The Bertz CT molecular complexity index is 160. The molecular formula is C9H19F3NO+. The van der Waals surface area contributed by atoms with Gasteiger partial charge >= 0.3 is 6.18 Å². The first kappa shape index (κ1) is 13.7. The van der Waals surface area contributed by atoms with Crippen molar-refractivity contribution in [1.29, 1.82) is 0 Å². The Morgan fingerprint density at radius 1 is 1.07 bits per heavy atom. The Morgan fingerprint density at radius 3 is 1.64 bits per heavy atom. The Labute approximate surface area is 82.7 Å². The zero-order valence-electron chi connectivity index (χ0n) is 9.02. The summed E-state index contributed by atoms with van der Waals surface area (Å²) in [4.78, 5) is 0.759. The van der Waals surface area contributed by atoms with Crippen LogP contribution < -0.4 is 4.90 Å². The molecule has 0 aliphatic carbocycles. The normalized spacial score (nSPS) is 15.6. The molecule has 14 heavy (non-hydrogen) atoms. The summed E-state index contributed by atoms with van der Waals surface area (Å²) in [6.45, 7) is 7.10. The van der Waals surface area contributed by atoms with Crippen molar-refractivity contribution >= 4 is 0 Å². The molecule has 2 nitrogen and oxygen atoms in total. The first-order chi connectivity index (χ1) is 6.16. The van der Waals surface area contributed by atoms with Gasteiger partial charge in [0.1, 0.15) is 6.54 Å².